The predicted molar refractivity (Wildman–Crippen MR) is 146 cm³/mol. The Morgan fingerprint density at radius 1 is 0.975 bits per heavy atom. The Morgan fingerprint density at radius 3 is 2.55 bits per heavy atom. The molecule has 1 aliphatic rings. The van der Waals surface area contributed by atoms with E-state index in [4.69, 9.17) is 25.5 Å². The number of hydrogen-bond acceptors (Lipinski definition) is 8. The molecule has 0 aliphatic carbocycles. The normalized spacial score (nSPS) is 12.4. The number of halogens is 1. The number of rotatable bonds is 8. The average molecular weight is 559 g/mol. The molecule has 0 spiro atoms. The molecule has 0 radical (unpaired) electrons. The summed E-state index contributed by atoms with van der Waals surface area (Å²) < 4.78 is 16.4. The number of benzene rings is 3. The van der Waals surface area contributed by atoms with E-state index in [-0.39, 0.29) is 29.0 Å². The van der Waals surface area contributed by atoms with Gasteiger partial charge in [0.25, 0.3) is 17.5 Å². The highest BCUT2D eigenvalue weighted by atomic mass is 35.5. The Labute approximate surface area is 231 Å². The number of nitro benzene ring substituents is 1. The monoisotopic (exact) mass is 558 g/mol. The molecule has 0 saturated heterocycles. The van der Waals surface area contributed by atoms with E-state index in [0.29, 0.717) is 33.9 Å². The maximum Gasteiger partial charge on any atom is 0.287 e. The maximum absolute atomic E-state index is 13.0. The number of carbonyl (C=O) groups is 2. The molecule has 0 unspecified atom stereocenters. The molecule has 5 rings (SSSR count). The molecule has 0 atom stereocenters. The fourth-order valence-corrected chi connectivity index (χ4v) is 3.98. The van der Waals surface area contributed by atoms with E-state index in [1.54, 1.807) is 60.7 Å². The quantitative estimate of drug-likeness (QED) is 0.131. The summed E-state index contributed by atoms with van der Waals surface area (Å²) in [5.41, 5.74) is 3.56. The summed E-state index contributed by atoms with van der Waals surface area (Å²) in [5.74, 6) is 0.549. The van der Waals surface area contributed by atoms with Gasteiger partial charge in [-0.3, -0.25) is 19.7 Å². The highest BCUT2D eigenvalue weighted by Crippen LogP contribution is 2.33. The Bertz CT molecular complexity index is 1660. The summed E-state index contributed by atoms with van der Waals surface area (Å²) in [6.45, 7) is 0.0974. The average Bonchev–Trinajstić information content (AvgIpc) is 3.62. The van der Waals surface area contributed by atoms with E-state index in [9.17, 15) is 19.7 Å². The highest BCUT2D eigenvalue weighted by molar-refractivity contribution is 6.33. The van der Waals surface area contributed by atoms with Crippen molar-refractivity contribution in [2.45, 2.75) is 0 Å². The molecule has 4 aromatic rings. The van der Waals surface area contributed by atoms with E-state index in [2.05, 4.69) is 15.8 Å². The number of carbonyl (C=O) groups excluding carboxylic acids is 2. The number of amides is 2. The van der Waals surface area contributed by atoms with E-state index >= 15 is 0 Å². The number of non-ortho nitro benzene ring substituents is 1. The lowest BCUT2D eigenvalue weighted by atomic mass is 10.1. The second-order valence-electron chi connectivity index (χ2n) is 8.31. The Hall–Kier alpha value is -5.42. The van der Waals surface area contributed by atoms with Gasteiger partial charge in [-0.25, -0.2) is 5.43 Å². The highest BCUT2D eigenvalue weighted by Gasteiger charge is 2.17. The van der Waals surface area contributed by atoms with Gasteiger partial charge in [-0.05, 0) is 54.1 Å². The number of nitrogens with one attached hydrogen (secondary N) is 2. The minimum Gasteiger partial charge on any atom is -0.455 e. The second kappa shape index (κ2) is 11.5. The largest absolute Gasteiger partial charge is 0.455 e. The zero-order valence-electron chi connectivity index (χ0n) is 20.5. The van der Waals surface area contributed by atoms with Crippen LogP contribution < -0.4 is 20.2 Å². The SMILES string of the molecule is O=C(N/N=C\c1ccc(-c2ccc([N+](=O)[O-])cc2Cl)o1)/C(=C\c1ccc2c(c1)OCO2)NC(=O)c1ccccc1. The van der Waals surface area contributed by atoms with Crippen molar-refractivity contribution in [1.82, 2.24) is 10.7 Å². The predicted octanol–water partition coefficient (Wildman–Crippen LogP) is 5.16. The molecule has 11 nitrogen and oxygen atoms in total. The molecule has 2 N–H and O–H groups in total. The van der Waals surface area contributed by atoms with Crippen molar-refractivity contribution in [2.24, 2.45) is 5.10 Å². The van der Waals surface area contributed by atoms with Crippen molar-refractivity contribution in [1.29, 1.82) is 0 Å². The Balaban J connectivity index is 1.32. The summed E-state index contributed by atoms with van der Waals surface area (Å²) in [4.78, 5) is 36.2. The Kier molecular flexibility index (Phi) is 7.56. The lowest BCUT2D eigenvalue weighted by Gasteiger charge is -2.09. The van der Waals surface area contributed by atoms with Gasteiger partial charge < -0.3 is 19.2 Å². The molecule has 3 aromatic carbocycles. The van der Waals surface area contributed by atoms with Crippen LogP contribution in [0.4, 0.5) is 5.69 Å². The van der Waals surface area contributed by atoms with E-state index in [1.165, 1.54) is 30.5 Å². The van der Waals surface area contributed by atoms with Crippen LogP contribution in [0.15, 0.2) is 94.1 Å². The van der Waals surface area contributed by atoms with Crippen molar-refractivity contribution in [2.75, 3.05) is 6.79 Å². The van der Waals surface area contributed by atoms with Crippen LogP contribution in [0.2, 0.25) is 5.02 Å². The third kappa shape index (κ3) is 6.00. The molecule has 200 valence electrons. The van der Waals surface area contributed by atoms with Gasteiger partial charge in [0.1, 0.15) is 17.2 Å². The van der Waals surface area contributed by atoms with Crippen LogP contribution in [-0.2, 0) is 4.79 Å². The number of nitro groups is 1. The summed E-state index contributed by atoms with van der Waals surface area (Å²) >= 11 is 6.17. The van der Waals surface area contributed by atoms with Gasteiger partial charge in [0.15, 0.2) is 11.5 Å². The van der Waals surface area contributed by atoms with Gasteiger partial charge in [0.05, 0.1) is 16.2 Å². The number of ether oxygens (including phenoxy) is 2. The molecule has 0 fully saturated rings. The zero-order chi connectivity index (χ0) is 28.1. The minimum atomic E-state index is -0.691. The molecular weight excluding hydrogens is 540 g/mol. The van der Waals surface area contributed by atoms with Gasteiger partial charge in [0.2, 0.25) is 6.79 Å². The maximum atomic E-state index is 13.0. The van der Waals surface area contributed by atoms with Crippen LogP contribution in [0.3, 0.4) is 0 Å². The van der Waals surface area contributed by atoms with E-state index < -0.39 is 16.7 Å². The first-order valence-electron chi connectivity index (χ1n) is 11.7. The summed E-state index contributed by atoms with van der Waals surface area (Å²) in [6.07, 6.45) is 2.74. The molecule has 0 bridgehead atoms. The van der Waals surface area contributed by atoms with Gasteiger partial charge in [-0.2, -0.15) is 5.10 Å². The topological polar surface area (TPSA) is 145 Å². The van der Waals surface area contributed by atoms with Crippen molar-refractivity contribution in [3.63, 3.8) is 0 Å². The van der Waals surface area contributed by atoms with Crippen molar-refractivity contribution >= 4 is 41.4 Å². The zero-order valence-corrected chi connectivity index (χ0v) is 21.3. The second-order valence-corrected chi connectivity index (χ2v) is 8.72. The van der Waals surface area contributed by atoms with Gasteiger partial charge in [-0.15, -0.1) is 0 Å². The van der Waals surface area contributed by atoms with Crippen molar-refractivity contribution < 1.29 is 28.4 Å². The first-order chi connectivity index (χ1) is 19.4. The first-order valence-corrected chi connectivity index (χ1v) is 12.1. The van der Waals surface area contributed by atoms with Crippen LogP contribution in [0.25, 0.3) is 17.4 Å². The smallest absolute Gasteiger partial charge is 0.287 e. The van der Waals surface area contributed by atoms with Crippen LogP contribution >= 0.6 is 11.6 Å². The molecule has 2 amide bonds. The third-order valence-electron chi connectivity index (χ3n) is 5.65. The molecule has 0 saturated carbocycles. The van der Waals surface area contributed by atoms with Crippen molar-refractivity contribution in [3.8, 4) is 22.8 Å². The number of furan rings is 1. The molecular formula is C28H19ClN4O7. The lowest BCUT2D eigenvalue weighted by molar-refractivity contribution is -0.384. The van der Waals surface area contributed by atoms with Crippen LogP contribution in [0.5, 0.6) is 11.5 Å². The lowest BCUT2D eigenvalue weighted by Crippen LogP contribution is -2.32. The van der Waals surface area contributed by atoms with Crippen molar-refractivity contribution in [3.05, 3.63) is 117 Å². The van der Waals surface area contributed by atoms with Gasteiger partial charge >= 0.3 is 0 Å². The Morgan fingerprint density at radius 2 is 1.77 bits per heavy atom. The van der Waals surface area contributed by atoms with Gasteiger partial charge in [0, 0.05) is 23.3 Å². The standard InChI is InChI=1S/C28H19ClN4O7/c29-22-14-19(33(36)37)7-9-21(22)24-11-8-20(40-24)15-30-32-28(35)23(31-27(34)18-4-2-1-3-5-18)12-17-6-10-25-26(13-17)39-16-38-25/h1-15H,16H2,(H,31,34)(H,32,35)/b23-12+,30-15-. The molecule has 1 aromatic heterocycles. The fourth-order valence-electron chi connectivity index (χ4n) is 3.71. The molecule has 1 aliphatic heterocycles. The summed E-state index contributed by atoms with van der Waals surface area (Å²) in [7, 11) is 0. The van der Waals surface area contributed by atoms with Crippen LogP contribution in [-0.4, -0.2) is 29.7 Å². The van der Waals surface area contributed by atoms with Crippen LogP contribution in [0.1, 0.15) is 21.7 Å². The number of hydrazone groups is 1. The van der Waals surface area contributed by atoms with Crippen LogP contribution in [0, 0.1) is 10.1 Å². The summed E-state index contributed by atoms with van der Waals surface area (Å²) in [5, 5.41) is 17.6. The number of hydrogen-bond donors (Lipinski definition) is 2. The molecule has 2 heterocycles. The summed E-state index contributed by atoms with van der Waals surface area (Å²) in [6, 6.07) is 20.8. The minimum absolute atomic E-state index is 0.0670. The molecule has 12 heteroatoms. The number of fused-ring (bicyclic) bond motifs is 1. The number of nitrogens with zero attached hydrogens (tertiary/aromatic N) is 2. The fraction of sp³-hybridized carbons (Fsp3) is 0.0357. The first kappa shape index (κ1) is 26.2. The van der Waals surface area contributed by atoms with E-state index in [1.807, 2.05) is 0 Å². The van der Waals surface area contributed by atoms with Gasteiger partial charge in [-0.1, -0.05) is 35.9 Å². The third-order valence-corrected chi connectivity index (χ3v) is 5.96. The molecule has 40 heavy (non-hydrogen) atoms. The van der Waals surface area contributed by atoms with E-state index in [0.717, 1.165) is 0 Å².